The van der Waals surface area contributed by atoms with Gasteiger partial charge in [0.2, 0.25) is 11.8 Å². The van der Waals surface area contributed by atoms with Crippen molar-refractivity contribution in [2.24, 2.45) is 17.8 Å². The molecule has 3 rings (SSSR count). The van der Waals surface area contributed by atoms with Gasteiger partial charge in [0.1, 0.15) is 5.82 Å². The second-order valence-corrected chi connectivity index (χ2v) is 12.2. The molecule has 1 saturated heterocycles. The summed E-state index contributed by atoms with van der Waals surface area (Å²) in [4.78, 5) is 28.2. The third-order valence-electron chi connectivity index (χ3n) is 8.82. The summed E-state index contributed by atoms with van der Waals surface area (Å²) in [5, 5.41) is 6.52. The number of carbonyl (C=O) groups excluding carboxylic acids is 2. The van der Waals surface area contributed by atoms with Gasteiger partial charge in [0.25, 0.3) is 0 Å². The first-order valence-corrected chi connectivity index (χ1v) is 15.3. The van der Waals surface area contributed by atoms with Crippen LogP contribution in [0.5, 0.6) is 0 Å². The first kappa shape index (κ1) is 31.8. The molecule has 0 unspecified atom stereocenters. The number of hydrogen-bond acceptors (Lipinski definition) is 4. The minimum atomic E-state index is -0.958. The molecule has 0 bridgehead atoms. The average molecular weight is 566 g/mol. The number of benzene rings is 1. The van der Waals surface area contributed by atoms with Gasteiger partial charge in [-0.15, -0.1) is 0 Å². The van der Waals surface area contributed by atoms with E-state index in [0.717, 1.165) is 38.6 Å². The van der Waals surface area contributed by atoms with Gasteiger partial charge in [0.05, 0.1) is 10.6 Å². The van der Waals surface area contributed by atoms with Crippen LogP contribution in [0.2, 0.25) is 5.02 Å². The number of ether oxygens (including phenoxy) is 1. The van der Waals surface area contributed by atoms with Crippen molar-refractivity contribution in [1.29, 1.82) is 0 Å². The van der Waals surface area contributed by atoms with E-state index in [4.69, 9.17) is 16.3 Å². The Kier molecular flexibility index (Phi) is 13.0. The number of nitrogens with zero attached hydrogens (tertiary/aromatic N) is 1. The summed E-state index contributed by atoms with van der Waals surface area (Å²) < 4.78 is 20.9. The van der Waals surface area contributed by atoms with Crippen LogP contribution in [0.25, 0.3) is 0 Å². The van der Waals surface area contributed by atoms with Gasteiger partial charge in [-0.25, -0.2) is 4.39 Å². The number of amides is 2. The number of methoxy groups -OCH3 is 1. The fourth-order valence-corrected chi connectivity index (χ4v) is 7.18. The van der Waals surface area contributed by atoms with Crippen LogP contribution in [0.1, 0.15) is 89.5 Å². The van der Waals surface area contributed by atoms with Crippen molar-refractivity contribution in [2.45, 2.75) is 89.5 Å². The number of rotatable bonds is 14. The van der Waals surface area contributed by atoms with Crippen LogP contribution in [0.3, 0.4) is 0 Å². The van der Waals surface area contributed by atoms with E-state index >= 15 is 4.39 Å². The Balaban J connectivity index is 1.83. The molecule has 8 heteroatoms. The topological polar surface area (TPSA) is 70.7 Å². The molecule has 1 heterocycles. The van der Waals surface area contributed by atoms with Crippen LogP contribution in [0.4, 0.5) is 4.39 Å². The van der Waals surface area contributed by atoms with E-state index in [2.05, 4.69) is 10.6 Å². The lowest BCUT2D eigenvalue weighted by molar-refractivity contribution is -0.135. The van der Waals surface area contributed by atoms with E-state index in [1.807, 2.05) is 11.9 Å². The molecule has 0 aromatic heterocycles. The van der Waals surface area contributed by atoms with E-state index in [0.29, 0.717) is 49.9 Å². The maximum atomic E-state index is 15.6. The van der Waals surface area contributed by atoms with Crippen molar-refractivity contribution in [3.05, 3.63) is 34.6 Å². The zero-order valence-corrected chi connectivity index (χ0v) is 25.0. The van der Waals surface area contributed by atoms with E-state index in [9.17, 15) is 9.59 Å². The highest BCUT2D eigenvalue weighted by Gasteiger charge is 2.45. The Labute approximate surface area is 239 Å². The fraction of sp³-hybridized carbons (Fsp3) is 0.742. The Bertz CT molecular complexity index is 926. The summed E-state index contributed by atoms with van der Waals surface area (Å²) in [7, 11) is 3.62. The van der Waals surface area contributed by atoms with Gasteiger partial charge in [-0.05, 0) is 70.0 Å². The third kappa shape index (κ3) is 8.89. The highest BCUT2D eigenvalue weighted by atomic mass is 35.5. The summed E-state index contributed by atoms with van der Waals surface area (Å²) in [6, 6.07) is 5.02. The van der Waals surface area contributed by atoms with Gasteiger partial charge in [0.15, 0.2) is 0 Å². The van der Waals surface area contributed by atoms with Gasteiger partial charge in [-0.1, -0.05) is 55.8 Å². The van der Waals surface area contributed by atoms with Gasteiger partial charge in [0, 0.05) is 51.6 Å². The van der Waals surface area contributed by atoms with Crippen molar-refractivity contribution in [1.82, 2.24) is 15.5 Å². The summed E-state index contributed by atoms with van der Waals surface area (Å²) in [5.74, 6) is 0.347. The monoisotopic (exact) mass is 565 g/mol. The van der Waals surface area contributed by atoms with Crippen LogP contribution in [0, 0.1) is 23.6 Å². The van der Waals surface area contributed by atoms with Crippen LogP contribution in [-0.4, -0.2) is 57.1 Å². The number of piperidine rings is 1. The van der Waals surface area contributed by atoms with Crippen molar-refractivity contribution >= 4 is 23.4 Å². The second-order valence-electron chi connectivity index (χ2n) is 11.8. The van der Waals surface area contributed by atoms with Crippen LogP contribution in [0.15, 0.2) is 18.2 Å². The lowest BCUT2D eigenvalue weighted by Gasteiger charge is -2.47. The molecule has 2 fully saturated rings. The molecule has 1 saturated carbocycles. The predicted molar refractivity (Wildman–Crippen MR) is 155 cm³/mol. The lowest BCUT2D eigenvalue weighted by Crippen LogP contribution is -2.56. The molecule has 2 amide bonds. The number of unbranched alkanes of at least 4 members (excludes halogenated alkanes) is 1. The molecule has 1 aliphatic heterocycles. The zero-order valence-electron chi connectivity index (χ0n) is 24.2. The fourth-order valence-electron chi connectivity index (χ4n) is 7.01. The molecular weight excluding hydrogens is 517 g/mol. The molecule has 2 aliphatic rings. The highest BCUT2D eigenvalue weighted by molar-refractivity contribution is 6.30. The number of likely N-dealkylation sites (tertiary alicyclic amines) is 1. The molecule has 1 aliphatic carbocycles. The van der Waals surface area contributed by atoms with E-state index in [-0.39, 0.29) is 22.8 Å². The number of carbonyl (C=O) groups is 2. The molecule has 0 radical (unpaired) electrons. The first-order chi connectivity index (χ1) is 18.8. The Morgan fingerprint density at radius 1 is 1.18 bits per heavy atom. The third-order valence-corrected chi connectivity index (χ3v) is 9.11. The summed E-state index contributed by atoms with van der Waals surface area (Å²) >= 11 is 6.25. The summed E-state index contributed by atoms with van der Waals surface area (Å²) in [6.45, 7) is 4.10. The second kappa shape index (κ2) is 15.9. The van der Waals surface area contributed by atoms with Crippen molar-refractivity contribution in [3.63, 3.8) is 0 Å². The van der Waals surface area contributed by atoms with Gasteiger partial charge in [-0.2, -0.15) is 0 Å². The molecule has 6 nitrogen and oxygen atoms in total. The Morgan fingerprint density at radius 3 is 2.64 bits per heavy atom. The lowest BCUT2D eigenvalue weighted by atomic mass is 9.70. The van der Waals surface area contributed by atoms with Gasteiger partial charge < -0.3 is 20.3 Å². The largest absolute Gasteiger partial charge is 0.385 e. The minimum absolute atomic E-state index is 0.0421. The quantitative estimate of drug-likeness (QED) is 0.269. The molecule has 220 valence electrons. The number of hydrogen-bond donors (Lipinski definition) is 2. The smallest absolute Gasteiger partial charge is 0.222 e. The van der Waals surface area contributed by atoms with Crippen molar-refractivity contribution in [3.8, 4) is 0 Å². The van der Waals surface area contributed by atoms with Gasteiger partial charge >= 0.3 is 0 Å². The van der Waals surface area contributed by atoms with Crippen LogP contribution in [-0.2, 0) is 19.9 Å². The highest BCUT2D eigenvalue weighted by Crippen LogP contribution is 2.42. The SMILES string of the molecule is CNC[C@@H](CC(=O)N1CCC[C@@H]([C@@](CCCCOC)(NC(C)=O)c2cccc(Cl)c2F)C1)CC1CCCCC1. The Morgan fingerprint density at radius 2 is 1.95 bits per heavy atom. The van der Waals surface area contributed by atoms with E-state index in [1.54, 1.807) is 19.2 Å². The molecule has 1 aromatic carbocycles. The van der Waals surface area contributed by atoms with Crippen LogP contribution < -0.4 is 10.6 Å². The van der Waals surface area contributed by atoms with Crippen molar-refractivity contribution < 1.29 is 18.7 Å². The first-order valence-electron chi connectivity index (χ1n) is 14.9. The number of nitrogens with one attached hydrogen (secondary N) is 2. The standard InChI is InChI=1S/C31H49ClFN3O3/c1-23(37)35-31(16-7-8-18-39-3,27-14-9-15-28(32)30(27)33)26-13-10-17-36(22-26)29(38)20-25(21-34-2)19-24-11-5-4-6-12-24/h9,14-15,24-26,34H,4-8,10-13,16-22H2,1-3H3,(H,35,37)/t25-,26-,31-/m1/s1. The Hall–Kier alpha value is -1.70. The summed E-state index contributed by atoms with van der Waals surface area (Å²) in [6.07, 6.45) is 11.8. The normalized spacial score (nSPS) is 20.8. The average Bonchev–Trinajstić information content (AvgIpc) is 2.92. The minimum Gasteiger partial charge on any atom is -0.385 e. The predicted octanol–water partition coefficient (Wildman–Crippen LogP) is 6.06. The van der Waals surface area contributed by atoms with E-state index in [1.165, 1.54) is 45.1 Å². The molecule has 0 spiro atoms. The zero-order chi connectivity index (χ0) is 28.3. The molecule has 1 aromatic rings. The molecule has 39 heavy (non-hydrogen) atoms. The van der Waals surface area contributed by atoms with Crippen molar-refractivity contribution in [2.75, 3.05) is 40.4 Å². The van der Waals surface area contributed by atoms with Crippen LogP contribution >= 0.6 is 11.6 Å². The molecular formula is C31H49ClFN3O3. The maximum Gasteiger partial charge on any atom is 0.222 e. The van der Waals surface area contributed by atoms with E-state index < -0.39 is 11.4 Å². The molecule has 2 N–H and O–H groups in total. The number of halogens is 2. The summed E-state index contributed by atoms with van der Waals surface area (Å²) in [5.41, 5.74) is -0.549. The van der Waals surface area contributed by atoms with Gasteiger partial charge in [-0.3, -0.25) is 9.59 Å². The molecule has 3 atom stereocenters. The maximum absolute atomic E-state index is 15.6.